The van der Waals surface area contributed by atoms with E-state index >= 15 is 0 Å². The minimum Gasteiger partial charge on any atom is -0.306 e. The molecule has 1 nitrogen and oxygen atoms in total. The van der Waals surface area contributed by atoms with Crippen LogP contribution in [-0.2, 0) is 6.42 Å². The molecular formula is C16H27N. The second kappa shape index (κ2) is 6.80. The lowest BCUT2D eigenvalue weighted by atomic mass is 9.87. The summed E-state index contributed by atoms with van der Waals surface area (Å²) in [6, 6.07) is 10.8. The number of benzene rings is 1. The third-order valence-electron chi connectivity index (χ3n) is 3.25. The van der Waals surface area contributed by atoms with Gasteiger partial charge in [0.25, 0.3) is 0 Å². The van der Waals surface area contributed by atoms with E-state index in [0.717, 1.165) is 13.0 Å². The van der Waals surface area contributed by atoms with Crippen molar-refractivity contribution in [2.24, 2.45) is 5.41 Å². The van der Waals surface area contributed by atoms with Gasteiger partial charge in [0.05, 0.1) is 0 Å². The molecule has 0 aromatic heterocycles. The fourth-order valence-electron chi connectivity index (χ4n) is 2.53. The summed E-state index contributed by atoms with van der Waals surface area (Å²) in [5.41, 5.74) is 1.88. The number of hydrogen-bond donors (Lipinski definition) is 0. The third kappa shape index (κ3) is 5.88. The Kier molecular flexibility index (Phi) is 5.70. The zero-order chi connectivity index (χ0) is 12.7. The minimum absolute atomic E-state index is 0.445. The van der Waals surface area contributed by atoms with Crippen LogP contribution in [0.1, 0.15) is 39.2 Å². The van der Waals surface area contributed by atoms with Crippen molar-refractivity contribution in [3.8, 4) is 0 Å². The molecule has 1 rings (SSSR count). The predicted molar refractivity (Wildman–Crippen MR) is 76.3 cm³/mol. The molecule has 0 unspecified atom stereocenters. The lowest BCUT2D eigenvalue weighted by Gasteiger charge is -2.30. The van der Waals surface area contributed by atoms with Crippen LogP contribution >= 0.6 is 0 Å². The van der Waals surface area contributed by atoms with Gasteiger partial charge in [-0.1, -0.05) is 57.5 Å². The maximum Gasteiger partial charge on any atom is 0.00298 e. The van der Waals surface area contributed by atoms with Crippen LogP contribution in [0.4, 0.5) is 0 Å². The molecule has 1 aromatic carbocycles. The topological polar surface area (TPSA) is 3.24 Å². The van der Waals surface area contributed by atoms with Gasteiger partial charge in [0.1, 0.15) is 0 Å². The second-order valence-corrected chi connectivity index (χ2v) is 5.89. The lowest BCUT2D eigenvalue weighted by molar-refractivity contribution is 0.198. The molecule has 0 amide bonds. The highest BCUT2D eigenvalue weighted by molar-refractivity contribution is 5.14. The first-order valence-electron chi connectivity index (χ1n) is 6.76. The number of likely N-dealkylation sites (N-methyl/N-ethyl adjacent to an activating group) is 1. The van der Waals surface area contributed by atoms with Crippen LogP contribution in [0.2, 0.25) is 0 Å². The fraction of sp³-hybridized carbons (Fsp3) is 0.625. The van der Waals surface area contributed by atoms with Crippen molar-refractivity contribution in [3.63, 3.8) is 0 Å². The highest BCUT2D eigenvalue weighted by atomic mass is 15.1. The highest BCUT2D eigenvalue weighted by Gasteiger charge is 2.18. The summed E-state index contributed by atoms with van der Waals surface area (Å²) in [4.78, 5) is 2.46. The van der Waals surface area contributed by atoms with Crippen molar-refractivity contribution in [2.75, 3.05) is 20.1 Å². The van der Waals surface area contributed by atoms with Gasteiger partial charge in [0, 0.05) is 13.1 Å². The Morgan fingerprint density at radius 2 is 1.76 bits per heavy atom. The fourth-order valence-corrected chi connectivity index (χ4v) is 2.53. The molecule has 96 valence electrons. The van der Waals surface area contributed by atoms with E-state index < -0.39 is 0 Å². The van der Waals surface area contributed by atoms with Crippen LogP contribution in [0, 0.1) is 5.41 Å². The molecule has 0 bridgehead atoms. The normalized spacial score (nSPS) is 12.1. The lowest BCUT2D eigenvalue weighted by Crippen LogP contribution is -2.32. The number of hydrogen-bond acceptors (Lipinski definition) is 1. The molecule has 0 N–H and O–H groups in total. The predicted octanol–water partition coefficient (Wildman–Crippen LogP) is 3.99. The van der Waals surface area contributed by atoms with Crippen LogP contribution in [0.15, 0.2) is 30.3 Å². The van der Waals surface area contributed by atoms with Crippen LogP contribution < -0.4 is 0 Å². The Labute approximate surface area is 107 Å². The summed E-state index contributed by atoms with van der Waals surface area (Å²) in [6.45, 7) is 9.35. The molecule has 1 aromatic rings. The van der Waals surface area contributed by atoms with Gasteiger partial charge in [-0.25, -0.2) is 0 Å². The summed E-state index contributed by atoms with van der Waals surface area (Å²) in [5, 5.41) is 0. The molecule has 1 heteroatoms. The van der Waals surface area contributed by atoms with Gasteiger partial charge in [-0.15, -0.1) is 0 Å². The Morgan fingerprint density at radius 1 is 1.12 bits per heavy atom. The molecule has 0 aliphatic heterocycles. The average Bonchev–Trinajstić information content (AvgIpc) is 2.27. The first kappa shape index (κ1) is 14.2. The Balaban J connectivity index is 2.33. The first-order valence-corrected chi connectivity index (χ1v) is 6.76. The number of nitrogens with zero attached hydrogens (tertiary/aromatic N) is 1. The van der Waals surface area contributed by atoms with Gasteiger partial charge in [0.2, 0.25) is 0 Å². The van der Waals surface area contributed by atoms with E-state index in [4.69, 9.17) is 0 Å². The van der Waals surface area contributed by atoms with Gasteiger partial charge in [-0.05, 0) is 30.9 Å². The molecule has 0 aliphatic rings. The van der Waals surface area contributed by atoms with Crippen molar-refractivity contribution < 1.29 is 0 Å². The largest absolute Gasteiger partial charge is 0.306 e. The quantitative estimate of drug-likeness (QED) is 0.688. The van der Waals surface area contributed by atoms with E-state index in [1.54, 1.807) is 0 Å². The summed E-state index contributed by atoms with van der Waals surface area (Å²) in [5.74, 6) is 0. The Bertz CT molecular complexity index is 303. The smallest absolute Gasteiger partial charge is 0.00298 e. The van der Waals surface area contributed by atoms with Crippen LogP contribution in [0.25, 0.3) is 0 Å². The second-order valence-electron chi connectivity index (χ2n) is 5.89. The van der Waals surface area contributed by atoms with Crippen LogP contribution in [-0.4, -0.2) is 25.0 Å². The zero-order valence-corrected chi connectivity index (χ0v) is 11.9. The van der Waals surface area contributed by atoms with Crippen molar-refractivity contribution in [1.29, 1.82) is 0 Å². The van der Waals surface area contributed by atoms with Crippen molar-refractivity contribution >= 4 is 0 Å². The van der Waals surface area contributed by atoms with Crippen molar-refractivity contribution in [1.82, 2.24) is 4.90 Å². The molecule has 0 aliphatic carbocycles. The van der Waals surface area contributed by atoms with E-state index in [1.807, 2.05) is 0 Å². The highest BCUT2D eigenvalue weighted by Crippen LogP contribution is 2.22. The van der Waals surface area contributed by atoms with Gasteiger partial charge >= 0.3 is 0 Å². The zero-order valence-electron chi connectivity index (χ0n) is 11.9. The summed E-state index contributed by atoms with van der Waals surface area (Å²) in [6.07, 6.45) is 3.74. The summed E-state index contributed by atoms with van der Waals surface area (Å²) >= 11 is 0. The molecule has 0 saturated carbocycles. The SMILES string of the molecule is CCCC(C)(C)CN(C)CCc1ccccc1. The Morgan fingerprint density at radius 3 is 2.35 bits per heavy atom. The molecule has 0 fully saturated rings. The molecule has 0 spiro atoms. The monoisotopic (exact) mass is 233 g/mol. The third-order valence-corrected chi connectivity index (χ3v) is 3.25. The van der Waals surface area contributed by atoms with Gasteiger partial charge in [-0.2, -0.15) is 0 Å². The van der Waals surface area contributed by atoms with Crippen LogP contribution in [0.5, 0.6) is 0 Å². The van der Waals surface area contributed by atoms with E-state index in [9.17, 15) is 0 Å². The Hall–Kier alpha value is -0.820. The van der Waals surface area contributed by atoms with Gasteiger partial charge in [-0.3, -0.25) is 0 Å². The molecule has 0 radical (unpaired) electrons. The summed E-state index contributed by atoms with van der Waals surface area (Å²) in [7, 11) is 2.24. The summed E-state index contributed by atoms with van der Waals surface area (Å²) < 4.78 is 0. The van der Waals surface area contributed by atoms with Gasteiger partial charge in [0.15, 0.2) is 0 Å². The van der Waals surface area contributed by atoms with Crippen molar-refractivity contribution in [3.05, 3.63) is 35.9 Å². The van der Waals surface area contributed by atoms with E-state index in [1.165, 1.54) is 24.9 Å². The number of rotatable bonds is 7. The average molecular weight is 233 g/mol. The van der Waals surface area contributed by atoms with E-state index in [2.05, 4.69) is 63.1 Å². The molecule has 17 heavy (non-hydrogen) atoms. The molecule has 0 atom stereocenters. The van der Waals surface area contributed by atoms with Gasteiger partial charge < -0.3 is 4.90 Å². The van der Waals surface area contributed by atoms with Crippen molar-refractivity contribution in [2.45, 2.75) is 40.0 Å². The molecular weight excluding hydrogens is 206 g/mol. The van der Waals surface area contributed by atoms with E-state index in [-0.39, 0.29) is 0 Å². The van der Waals surface area contributed by atoms with E-state index in [0.29, 0.717) is 5.41 Å². The standard InChI is InChI=1S/C16H27N/c1-5-12-16(2,3)14-17(4)13-11-15-9-7-6-8-10-15/h6-10H,5,11-14H2,1-4H3. The first-order chi connectivity index (χ1) is 8.03. The minimum atomic E-state index is 0.445. The molecule has 0 saturated heterocycles. The maximum atomic E-state index is 2.46. The molecule has 0 heterocycles. The van der Waals surface area contributed by atoms with Crippen LogP contribution in [0.3, 0.4) is 0 Å². The maximum absolute atomic E-state index is 2.46.